The highest BCUT2D eigenvalue weighted by Gasteiger charge is 2.23. The van der Waals surface area contributed by atoms with E-state index in [-0.39, 0.29) is 10.6 Å². The van der Waals surface area contributed by atoms with Crippen molar-refractivity contribution in [2.75, 3.05) is 18.0 Å². The average Bonchev–Trinajstić information content (AvgIpc) is 2.54. The van der Waals surface area contributed by atoms with E-state index in [4.69, 9.17) is 5.73 Å². The molecule has 0 bridgehead atoms. The number of nitro groups is 1. The lowest BCUT2D eigenvalue weighted by atomic mass is 9.99. The normalized spacial score (nSPS) is 13.8. The summed E-state index contributed by atoms with van der Waals surface area (Å²) in [5.41, 5.74) is 9.90. The lowest BCUT2D eigenvalue weighted by Crippen LogP contribution is -2.30. The molecule has 0 radical (unpaired) electrons. The SMILES string of the molecule is NCCc1ccc(N2CCc3ccccc3C2)c([N+](=O)[O-])c1. The van der Waals surface area contributed by atoms with E-state index in [1.165, 1.54) is 11.1 Å². The molecule has 2 aromatic rings. The first-order chi connectivity index (χ1) is 10.7. The zero-order chi connectivity index (χ0) is 15.5. The van der Waals surface area contributed by atoms with Crippen molar-refractivity contribution in [2.24, 2.45) is 5.73 Å². The van der Waals surface area contributed by atoms with Crippen LogP contribution in [0.1, 0.15) is 16.7 Å². The topological polar surface area (TPSA) is 72.4 Å². The Labute approximate surface area is 129 Å². The van der Waals surface area contributed by atoms with Gasteiger partial charge in [-0.15, -0.1) is 0 Å². The van der Waals surface area contributed by atoms with Crippen LogP contribution < -0.4 is 10.6 Å². The maximum atomic E-state index is 11.4. The fourth-order valence-electron chi connectivity index (χ4n) is 3.01. The molecule has 0 aliphatic carbocycles. The van der Waals surface area contributed by atoms with E-state index in [2.05, 4.69) is 17.0 Å². The van der Waals surface area contributed by atoms with Crippen molar-refractivity contribution < 1.29 is 4.92 Å². The Bertz CT molecular complexity index is 700. The third-order valence-electron chi connectivity index (χ3n) is 4.14. The van der Waals surface area contributed by atoms with Crippen molar-refractivity contribution in [2.45, 2.75) is 19.4 Å². The Morgan fingerprint density at radius 3 is 2.68 bits per heavy atom. The van der Waals surface area contributed by atoms with Crippen LogP contribution in [0.2, 0.25) is 0 Å². The average molecular weight is 297 g/mol. The third kappa shape index (κ3) is 2.80. The highest BCUT2D eigenvalue weighted by molar-refractivity contribution is 5.65. The fraction of sp³-hybridized carbons (Fsp3) is 0.294. The molecule has 0 saturated heterocycles. The summed E-state index contributed by atoms with van der Waals surface area (Å²) in [6, 6.07) is 13.7. The van der Waals surface area contributed by atoms with Crippen LogP contribution in [-0.4, -0.2) is 18.0 Å². The highest BCUT2D eigenvalue weighted by atomic mass is 16.6. The van der Waals surface area contributed by atoms with E-state index in [1.807, 2.05) is 24.3 Å². The van der Waals surface area contributed by atoms with Gasteiger partial charge in [-0.3, -0.25) is 10.1 Å². The first kappa shape index (κ1) is 14.5. The zero-order valence-electron chi connectivity index (χ0n) is 12.4. The van der Waals surface area contributed by atoms with Crippen LogP contribution in [0.3, 0.4) is 0 Å². The number of benzene rings is 2. The maximum absolute atomic E-state index is 11.4. The van der Waals surface area contributed by atoms with E-state index in [1.54, 1.807) is 6.07 Å². The molecule has 0 aromatic heterocycles. The van der Waals surface area contributed by atoms with Gasteiger partial charge in [-0.1, -0.05) is 30.3 Å². The monoisotopic (exact) mass is 297 g/mol. The van der Waals surface area contributed by atoms with Gasteiger partial charge in [-0.2, -0.15) is 0 Å². The molecule has 0 spiro atoms. The van der Waals surface area contributed by atoms with Crippen LogP contribution in [0.5, 0.6) is 0 Å². The van der Waals surface area contributed by atoms with Gasteiger partial charge in [0.15, 0.2) is 0 Å². The van der Waals surface area contributed by atoms with Gasteiger partial charge in [-0.05, 0) is 42.1 Å². The number of rotatable bonds is 4. The molecule has 0 fully saturated rings. The van der Waals surface area contributed by atoms with Crippen LogP contribution in [0.25, 0.3) is 0 Å². The lowest BCUT2D eigenvalue weighted by molar-refractivity contribution is -0.384. The second-order valence-corrected chi connectivity index (χ2v) is 5.56. The van der Waals surface area contributed by atoms with Crippen LogP contribution in [0.4, 0.5) is 11.4 Å². The lowest BCUT2D eigenvalue weighted by Gasteiger charge is -2.30. The molecule has 2 N–H and O–H groups in total. The van der Waals surface area contributed by atoms with Crippen molar-refractivity contribution in [3.8, 4) is 0 Å². The second kappa shape index (κ2) is 6.15. The maximum Gasteiger partial charge on any atom is 0.292 e. The number of hydrogen-bond donors (Lipinski definition) is 1. The third-order valence-corrected chi connectivity index (χ3v) is 4.14. The Hall–Kier alpha value is -2.40. The molecule has 22 heavy (non-hydrogen) atoms. The minimum atomic E-state index is -0.296. The Morgan fingerprint density at radius 1 is 1.18 bits per heavy atom. The van der Waals surface area contributed by atoms with E-state index in [0.29, 0.717) is 25.2 Å². The number of fused-ring (bicyclic) bond motifs is 1. The summed E-state index contributed by atoms with van der Waals surface area (Å²) in [7, 11) is 0. The molecule has 0 saturated carbocycles. The summed E-state index contributed by atoms with van der Waals surface area (Å²) in [6.45, 7) is 2.01. The van der Waals surface area contributed by atoms with Crippen molar-refractivity contribution in [1.29, 1.82) is 0 Å². The number of nitro benzene ring substituents is 1. The quantitative estimate of drug-likeness (QED) is 0.695. The Morgan fingerprint density at radius 2 is 1.95 bits per heavy atom. The largest absolute Gasteiger partial charge is 0.361 e. The second-order valence-electron chi connectivity index (χ2n) is 5.56. The van der Waals surface area contributed by atoms with Gasteiger partial charge in [0.1, 0.15) is 5.69 Å². The smallest absolute Gasteiger partial charge is 0.292 e. The van der Waals surface area contributed by atoms with Crippen LogP contribution >= 0.6 is 0 Å². The van der Waals surface area contributed by atoms with Crippen molar-refractivity contribution in [3.63, 3.8) is 0 Å². The molecule has 0 amide bonds. The molecule has 1 aliphatic rings. The highest BCUT2D eigenvalue weighted by Crippen LogP contribution is 2.33. The molecule has 5 nitrogen and oxygen atoms in total. The number of hydrogen-bond acceptors (Lipinski definition) is 4. The van der Waals surface area contributed by atoms with Crippen molar-refractivity contribution in [3.05, 3.63) is 69.3 Å². The van der Waals surface area contributed by atoms with Crippen LogP contribution in [-0.2, 0) is 19.4 Å². The molecule has 0 unspecified atom stereocenters. The number of nitrogens with two attached hydrogens (primary N) is 1. The minimum Gasteiger partial charge on any atom is -0.361 e. The molecule has 3 rings (SSSR count). The summed E-state index contributed by atoms with van der Waals surface area (Å²) < 4.78 is 0. The van der Waals surface area contributed by atoms with Gasteiger partial charge in [0.25, 0.3) is 5.69 Å². The van der Waals surface area contributed by atoms with Gasteiger partial charge >= 0.3 is 0 Å². The predicted octanol–water partition coefficient (Wildman–Crippen LogP) is 2.66. The molecular weight excluding hydrogens is 278 g/mol. The van der Waals surface area contributed by atoms with Gasteiger partial charge in [-0.25, -0.2) is 0 Å². The van der Waals surface area contributed by atoms with E-state index in [9.17, 15) is 10.1 Å². The summed E-state index contributed by atoms with van der Waals surface area (Å²) >= 11 is 0. The van der Waals surface area contributed by atoms with Gasteiger partial charge in [0.05, 0.1) is 4.92 Å². The van der Waals surface area contributed by atoms with E-state index in [0.717, 1.165) is 18.5 Å². The van der Waals surface area contributed by atoms with E-state index < -0.39 is 0 Å². The molecule has 114 valence electrons. The zero-order valence-corrected chi connectivity index (χ0v) is 12.4. The molecule has 1 aliphatic heterocycles. The standard InChI is InChI=1S/C17H19N3O2/c18-9-7-13-5-6-16(17(11-13)20(21)22)19-10-8-14-3-1-2-4-15(14)12-19/h1-6,11H,7-10,12,18H2. The van der Waals surface area contributed by atoms with Crippen molar-refractivity contribution in [1.82, 2.24) is 0 Å². The molecule has 5 heteroatoms. The molecule has 2 aromatic carbocycles. The summed E-state index contributed by atoms with van der Waals surface area (Å²) in [5, 5.41) is 11.4. The number of anilines is 1. The predicted molar refractivity (Wildman–Crippen MR) is 87.1 cm³/mol. The van der Waals surface area contributed by atoms with E-state index >= 15 is 0 Å². The van der Waals surface area contributed by atoms with Gasteiger partial charge < -0.3 is 10.6 Å². The van der Waals surface area contributed by atoms with Crippen LogP contribution in [0, 0.1) is 10.1 Å². The Kier molecular flexibility index (Phi) is 4.06. The molecule has 0 atom stereocenters. The van der Waals surface area contributed by atoms with Crippen LogP contribution in [0.15, 0.2) is 42.5 Å². The molecular formula is C17H19N3O2. The number of nitrogens with zero attached hydrogens (tertiary/aromatic N) is 2. The van der Waals surface area contributed by atoms with Gasteiger partial charge in [0, 0.05) is 19.2 Å². The first-order valence-electron chi connectivity index (χ1n) is 7.48. The molecule has 1 heterocycles. The van der Waals surface area contributed by atoms with Crippen molar-refractivity contribution >= 4 is 11.4 Å². The summed E-state index contributed by atoms with van der Waals surface area (Å²) in [6.07, 6.45) is 1.57. The summed E-state index contributed by atoms with van der Waals surface area (Å²) in [5.74, 6) is 0. The first-order valence-corrected chi connectivity index (χ1v) is 7.48. The van der Waals surface area contributed by atoms with Gasteiger partial charge in [0.2, 0.25) is 0 Å². The fourth-order valence-corrected chi connectivity index (χ4v) is 3.01. The minimum absolute atomic E-state index is 0.172. The summed E-state index contributed by atoms with van der Waals surface area (Å²) in [4.78, 5) is 13.2. The Balaban J connectivity index is 1.93.